The monoisotopic (exact) mass is 486 g/mol. The maximum absolute atomic E-state index is 13.5. The number of hydrogen-bond donors (Lipinski definition) is 2. The third kappa shape index (κ3) is 4.76. The highest BCUT2D eigenvalue weighted by Gasteiger charge is 2.35. The molecular weight excluding hydrogens is 465 g/mol. The Balaban J connectivity index is 1.75. The van der Waals surface area contributed by atoms with Crippen LogP contribution in [0.2, 0.25) is 0 Å². The van der Waals surface area contributed by atoms with E-state index in [1.807, 2.05) is 19.1 Å². The van der Waals surface area contributed by atoms with E-state index in [1.165, 1.54) is 35.0 Å². The molecule has 0 aliphatic carbocycles. The minimum absolute atomic E-state index is 0.0600. The van der Waals surface area contributed by atoms with Crippen LogP contribution in [0.25, 0.3) is 16.9 Å². The van der Waals surface area contributed by atoms with E-state index in [2.05, 4.69) is 9.82 Å². The summed E-state index contributed by atoms with van der Waals surface area (Å²) in [6.07, 6.45) is -4.64. The number of sulfonamides is 1. The smallest absolute Gasteiger partial charge is 0.399 e. The highest BCUT2D eigenvalue weighted by atomic mass is 32.2. The molecule has 1 heterocycles. The molecule has 4 rings (SSSR count). The van der Waals surface area contributed by atoms with Gasteiger partial charge in [0.2, 0.25) is 0 Å². The van der Waals surface area contributed by atoms with Crippen molar-refractivity contribution in [3.63, 3.8) is 0 Å². The Bertz CT molecular complexity index is 1460. The molecule has 0 unspecified atom stereocenters. The molecule has 0 bridgehead atoms. The van der Waals surface area contributed by atoms with Gasteiger partial charge in [0.05, 0.1) is 22.0 Å². The second kappa shape index (κ2) is 8.53. The number of anilines is 2. The highest BCUT2D eigenvalue weighted by Crippen LogP contribution is 2.35. The van der Waals surface area contributed by atoms with E-state index in [-0.39, 0.29) is 16.3 Å². The summed E-state index contributed by atoms with van der Waals surface area (Å²) in [5.74, 6) is 0. The highest BCUT2D eigenvalue weighted by molar-refractivity contribution is 7.92. The summed E-state index contributed by atoms with van der Waals surface area (Å²) in [4.78, 5) is -0.0600. The molecule has 0 saturated heterocycles. The van der Waals surface area contributed by atoms with Crippen molar-refractivity contribution in [3.8, 4) is 16.9 Å². The van der Waals surface area contributed by atoms with E-state index in [0.717, 1.165) is 17.2 Å². The molecule has 0 radical (unpaired) electrons. The first-order valence-corrected chi connectivity index (χ1v) is 11.7. The molecule has 3 aromatic carbocycles. The van der Waals surface area contributed by atoms with Gasteiger partial charge in [-0.15, -0.1) is 0 Å². The van der Waals surface area contributed by atoms with Gasteiger partial charge in [-0.05, 0) is 74.0 Å². The summed E-state index contributed by atoms with van der Waals surface area (Å²) in [6.45, 7) is 3.65. The van der Waals surface area contributed by atoms with Crippen molar-refractivity contribution in [3.05, 3.63) is 89.6 Å². The molecule has 176 valence electrons. The summed E-state index contributed by atoms with van der Waals surface area (Å²) < 4.78 is 69.5. The van der Waals surface area contributed by atoms with E-state index < -0.39 is 21.9 Å². The first-order chi connectivity index (χ1) is 15.9. The Morgan fingerprint density at radius 2 is 1.65 bits per heavy atom. The maximum Gasteiger partial charge on any atom is 0.435 e. The molecule has 0 amide bonds. The average Bonchev–Trinajstić information content (AvgIpc) is 3.21. The number of nitrogen functional groups attached to an aromatic ring is 1. The van der Waals surface area contributed by atoms with Gasteiger partial charge in [0, 0.05) is 11.3 Å². The summed E-state index contributed by atoms with van der Waals surface area (Å²) in [5.41, 5.74) is 8.15. The van der Waals surface area contributed by atoms with Gasteiger partial charge in [-0.25, -0.2) is 13.1 Å². The molecule has 0 aliphatic rings. The number of benzene rings is 3. The van der Waals surface area contributed by atoms with Crippen molar-refractivity contribution in [1.82, 2.24) is 9.78 Å². The van der Waals surface area contributed by atoms with Crippen LogP contribution in [0.15, 0.2) is 77.7 Å². The SMILES string of the molecule is Cc1ccc(C)c(-c2cc(C(F)(F)F)nn2-c2ccc(S(=O)(=O)Nc3cccc(N)c3)cc2)c1. The second-order valence-electron chi connectivity index (χ2n) is 7.87. The van der Waals surface area contributed by atoms with Crippen molar-refractivity contribution < 1.29 is 21.6 Å². The first-order valence-electron chi connectivity index (χ1n) is 10.2. The summed E-state index contributed by atoms with van der Waals surface area (Å²) >= 11 is 0. The Morgan fingerprint density at radius 3 is 2.29 bits per heavy atom. The quantitative estimate of drug-likeness (QED) is 0.362. The normalized spacial score (nSPS) is 12.0. The van der Waals surface area contributed by atoms with Crippen LogP contribution < -0.4 is 10.5 Å². The van der Waals surface area contributed by atoms with Crippen molar-refractivity contribution in [2.45, 2.75) is 24.9 Å². The van der Waals surface area contributed by atoms with Crippen LogP contribution >= 0.6 is 0 Å². The average molecular weight is 487 g/mol. The van der Waals surface area contributed by atoms with Gasteiger partial charge < -0.3 is 5.73 Å². The van der Waals surface area contributed by atoms with Crippen LogP contribution in [-0.2, 0) is 16.2 Å². The molecule has 6 nitrogen and oxygen atoms in total. The van der Waals surface area contributed by atoms with Crippen molar-refractivity contribution in [2.24, 2.45) is 0 Å². The lowest BCUT2D eigenvalue weighted by atomic mass is 10.0. The van der Waals surface area contributed by atoms with Gasteiger partial charge in [-0.2, -0.15) is 18.3 Å². The first kappa shape index (κ1) is 23.4. The molecule has 3 N–H and O–H groups in total. The second-order valence-corrected chi connectivity index (χ2v) is 9.55. The number of halogens is 3. The summed E-state index contributed by atoms with van der Waals surface area (Å²) in [7, 11) is -3.94. The van der Waals surface area contributed by atoms with E-state index in [0.29, 0.717) is 16.9 Å². The third-order valence-corrected chi connectivity index (χ3v) is 6.60. The van der Waals surface area contributed by atoms with Crippen LogP contribution in [0, 0.1) is 13.8 Å². The van der Waals surface area contributed by atoms with Crippen LogP contribution in [0.4, 0.5) is 24.5 Å². The van der Waals surface area contributed by atoms with Crippen LogP contribution in [-0.4, -0.2) is 18.2 Å². The zero-order valence-corrected chi connectivity index (χ0v) is 19.1. The molecule has 0 aliphatic heterocycles. The van der Waals surface area contributed by atoms with Gasteiger partial charge in [0.1, 0.15) is 0 Å². The fraction of sp³-hybridized carbons (Fsp3) is 0.125. The number of aromatic nitrogens is 2. The lowest BCUT2D eigenvalue weighted by Gasteiger charge is -2.12. The molecule has 0 atom stereocenters. The Morgan fingerprint density at radius 1 is 0.941 bits per heavy atom. The third-order valence-electron chi connectivity index (χ3n) is 5.20. The lowest BCUT2D eigenvalue weighted by molar-refractivity contribution is -0.141. The molecular formula is C24H21F3N4O2S. The maximum atomic E-state index is 13.5. The van der Waals surface area contributed by atoms with Crippen LogP contribution in [0.5, 0.6) is 0 Å². The molecule has 10 heteroatoms. The molecule has 0 spiro atoms. The van der Waals surface area contributed by atoms with Crippen molar-refractivity contribution in [2.75, 3.05) is 10.5 Å². The van der Waals surface area contributed by atoms with Crippen molar-refractivity contribution >= 4 is 21.4 Å². The number of alkyl halides is 3. The number of hydrogen-bond acceptors (Lipinski definition) is 4. The van der Waals surface area contributed by atoms with Gasteiger partial charge in [-0.1, -0.05) is 23.8 Å². The van der Waals surface area contributed by atoms with Gasteiger partial charge >= 0.3 is 6.18 Å². The topological polar surface area (TPSA) is 90.0 Å². The van der Waals surface area contributed by atoms with E-state index in [9.17, 15) is 21.6 Å². The van der Waals surface area contributed by atoms with Crippen molar-refractivity contribution in [1.29, 1.82) is 0 Å². The van der Waals surface area contributed by atoms with Gasteiger partial charge in [0.15, 0.2) is 5.69 Å². The minimum atomic E-state index is -4.64. The summed E-state index contributed by atoms with van der Waals surface area (Å²) in [5, 5.41) is 3.78. The van der Waals surface area contributed by atoms with Crippen LogP contribution in [0.3, 0.4) is 0 Å². The van der Waals surface area contributed by atoms with E-state index >= 15 is 0 Å². The Hall–Kier alpha value is -3.79. The molecule has 1 aromatic heterocycles. The number of nitrogens with two attached hydrogens (primary N) is 1. The molecule has 0 saturated carbocycles. The fourth-order valence-corrected chi connectivity index (χ4v) is 4.55. The fourth-order valence-electron chi connectivity index (χ4n) is 3.50. The predicted octanol–water partition coefficient (Wildman–Crippen LogP) is 5.56. The number of aryl methyl sites for hydroxylation is 2. The van der Waals surface area contributed by atoms with Crippen LogP contribution in [0.1, 0.15) is 16.8 Å². The number of nitrogens with one attached hydrogen (secondary N) is 1. The lowest BCUT2D eigenvalue weighted by Crippen LogP contribution is -2.13. The molecule has 0 fully saturated rings. The van der Waals surface area contributed by atoms with E-state index in [4.69, 9.17) is 5.73 Å². The largest absolute Gasteiger partial charge is 0.435 e. The zero-order chi connectivity index (χ0) is 24.7. The number of nitrogens with zero attached hydrogens (tertiary/aromatic N) is 2. The van der Waals surface area contributed by atoms with E-state index in [1.54, 1.807) is 31.2 Å². The van der Waals surface area contributed by atoms with Gasteiger partial charge in [0.25, 0.3) is 10.0 Å². The number of rotatable bonds is 5. The minimum Gasteiger partial charge on any atom is -0.399 e. The Kier molecular flexibility index (Phi) is 5.86. The van der Waals surface area contributed by atoms with Gasteiger partial charge in [-0.3, -0.25) is 4.72 Å². The zero-order valence-electron chi connectivity index (χ0n) is 18.3. The molecule has 34 heavy (non-hydrogen) atoms. The molecule has 4 aromatic rings. The standard InChI is InChI=1S/C24H21F3N4O2S/c1-15-6-7-16(2)21(12-15)22-14-23(24(25,26)27)29-31(22)19-8-10-20(11-9-19)34(32,33)30-18-5-3-4-17(28)13-18/h3-14,30H,28H2,1-2H3. The summed E-state index contributed by atoms with van der Waals surface area (Å²) in [6, 6.07) is 18.2. The Labute approximate surface area is 194 Å². The predicted molar refractivity (Wildman–Crippen MR) is 125 cm³/mol.